The average Bonchev–Trinajstić information content (AvgIpc) is 3.11. The van der Waals surface area contributed by atoms with Crippen LogP contribution in [0.1, 0.15) is 44.2 Å². The lowest BCUT2D eigenvalue weighted by molar-refractivity contribution is 0.0178. The monoisotopic (exact) mass is 289 g/mol. The van der Waals surface area contributed by atoms with Crippen molar-refractivity contribution in [1.82, 2.24) is 5.32 Å². The van der Waals surface area contributed by atoms with Gasteiger partial charge < -0.3 is 14.8 Å². The molecular weight excluding hydrogens is 262 g/mol. The molecule has 0 radical (unpaired) electrons. The molecule has 1 aromatic carbocycles. The van der Waals surface area contributed by atoms with Crippen molar-refractivity contribution >= 4 is 0 Å². The summed E-state index contributed by atoms with van der Waals surface area (Å²) in [6, 6.07) is 7.07. The van der Waals surface area contributed by atoms with Gasteiger partial charge in [-0.25, -0.2) is 0 Å². The summed E-state index contributed by atoms with van der Waals surface area (Å²) in [5, 5.41) is 3.44. The lowest BCUT2D eigenvalue weighted by Gasteiger charge is -2.16. The Bertz CT molecular complexity index is 472. The van der Waals surface area contributed by atoms with Crippen LogP contribution in [0.3, 0.4) is 0 Å². The summed E-state index contributed by atoms with van der Waals surface area (Å²) in [5.74, 6) is 1.00. The molecular formula is C18H27NO2. The van der Waals surface area contributed by atoms with E-state index in [2.05, 4.69) is 37.4 Å². The molecule has 3 nitrogen and oxygen atoms in total. The molecule has 0 saturated carbocycles. The fourth-order valence-corrected chi connectivity index (χ4v) is 3.25. The largest absolute Gasteiger partial charge is 0.491 e. The Balaban J connectivity index is 1.44. The molecule has 1 fully saturated rings. The minimum Gasteiger partial charge on any atom is -0.491 e. The highest BCUT2D eigenvalue weighted by Gasteiger charge is 2.25. The van der Waals surface area contributed by atoms with Crippen LogP contribution < -0.4 is 10.1 Å². The van der Waals surface area contributed by atoms with E-state index in [4.69, 9.17) is 9.47 Å². The highest BCUT2D eigenvalue weighted by atomic mass is 16.5. The zero-order valence-electron chi connectivity index (χ0n) is 13.2. The lowest BCUT2D eigenvalue weighted by atomic mass is 10.1. The second-order valence-corrected chi connectivity index (χ2v) is 6.62. The zero-order chi connectivity index (χ0) is 14.7. The molecule has 21 heavy (non-hydrogen) atoms. The van der Waals surface area contributed by atoms with E-state index in [1.807, 2.05) is 0 Å². The third kappa shape index (κ3) is 3.98. The molecule has 3 heteroatoms. The second kappa shape index (κ2) is 6.80. The number of fused-ring (bicyclic) bond motifs is 1. The Labute approximate surface area is 128 Å². The summed E-state index contributed by atoms with van der Waals surface area (Å²) in [6.45, 7) is 5.97. The first-order valence-electron chi connectivity index (χ1n) is 8.34. The molecule has 1 aromatic rings. The predicted molar refractivity (Wildman–Crippen MR) is 85.0 cm³/mol. The number of nitrogens with one attached hydrogen (secondary N) is 1. The highest BCUT2D eigenvalue weighted by Crippen LogP contribution is 2.27. The van der Waals surface area contributed by atoms with Gasteiger partial charge in [-0.05, 0) is 55.4 Å². The molecule has 1 aliphatic carbocycles. The summed E-state index contributed by atoms with van der Waals surface area (Å²) >= 11 is 0. The van der Waals surface area contributed by atoms with E-state index in [1.165, 1.54) is 30.4 Å². The summed E-state index contributed by atoms with van der Waals surface area (Å²) < 4.78 is 12.0. The van der Waals surface area contributed by atoms with Crippen LogP contribution in [0.5, 0.6) is 5.75 Å². The van der Waals surface area contributed by atoms with Crippen molar-refractivity contribution < 1.29 is 9.47 Å². The van der Waals surface area contributed by atoms with Crippen molar-refractivity contribution in [3.8, 4) is 5.75 Å². The van der Waals surface area contributed by atoms with Crippen LogP contribution in [-0.2, 0) is 17.6 Å². The number of hydrogen-bond acceptors (Lipinski definition) is 3. The van der Waals surface area contributed by atoms with E-state index >= 15 is 0 Å². The van der Waals surface area contributed by atoms with Crippen molar-refractivity contribution in [2.75, 3.05) is 13.2 Å². The third-order valence-electron chi connectivity index (χ3n) is 4.46. The quantitative estimate of drug-likeness (QED) is 0.873. The van der Waals surface area contributed by atoms with E-state index in [1.54, 1.807) is 0 Å². The molecule has 1 aliphatic heterocycles. The van der Waals surface area contributed by atoms with Gasteiger partial charge in [0.15, 0.2) is 0 Å². The highest BCUT2D eigenvalue weighted by molar-refractivity contribution is 5.38. The van der Waals surface area contributed by atoms with Crippen LogP contribution in [0.2, 0.25) is 0 Å². The zero-order valence-corrected chi connectivity index (χ0v) is 13.2. The number of benzene rings is 1. The first-order chi connectivity index (χ1) is 10.2. The number of rotatable bonds is 6. The minimum atomic E-state index is 0.247. The Morgan fingerprint density at radius 1 is 1.19 bits per heavy atom. The summed E-state index contributed by atoms with van der Waals surface area (Å²) in [6.07, 6.45) is 6.56. The maximum Gasteiger partial charge on any atom is 0.119 e. The Morgan fingerprint density at radius 2 is 2.00 bits per heavy atom. The van der Waals surface area contributed by atoms with Crippen molar-refractivity contribution in [3.63, 3.8) is 0 Å². The smallest absolute Gasteiger partial charge is 0.119 e. The Kier molecular flexibility index (Phi) is 4.81. The molecule has 0 spiro atoms. The Hall–Kier alpha value is -1.06. The van der Waals surface area contributed by atoms with Crippen LogP contribution >= 0.6 is 0 Å². The van der Waals surface area contributed by atoms with Crippen molar-refractivity contribution in [2.45, 2.75) is 64.2 Å². The van der Waals surface area contributed by atoms with Crippen LogP contribution in [0.25, 0.3) is 0 Å². The van der Waals surface area contributed by atoms with Gasteiger partial charge >= 0.3 is 0 Å². The van der Waals surface area contributed by atoms with Crippen LogP contribution in [0.4, 0.5) is 0 Å². The van der Waals surface area contributed by atoms with Crippen LogP contribution in [0.15, 0.2) is 18.2 Å². The molecule has 2 unspecified atom stereocenters. The third-order valence-corrected chi connectivity index (χ3v) is 4.46. The molecule has 1 N–H and O–H groups in total. The van der Waals surface area contributed by atoms with Gasteiger partial charge in [-0.1, -0.05) is 19.9 Å². The van der Waals surface area contributed by atoms with Crippen LogP contribution in [-0.4, -0.2) is 31.4 Å². The molecule has 3 rings (SSSR count). The van der Waals surface area contributed by atoms with E-state index < -0.39 is 0 Å². The first kappa shape index (κ1) is 14.9. The summed E-state index contributed by atoms with van der Waals surface area (Å²) in [4.78, 5) is 0. The standard InChI is InChI=1S/C18H27NO2/c1-13(2)19-11-17-8-9-18(21-17)12-20-16-7-6-14-4-3-5-15(14)10-16/h6-7,10,13,17-19H,3-5,8-9,11-12H2,1-2H3. The van der Waals surface area contributed by atoms with Gasteiger partial charge in [0, 0.05) is 12.6 Å². The SMILES string of the molecule is CC(C)NCC1CCC(COc2ccc3c(c2)CCC3)O1. The van der Waals surface area contributed by atoms with Gasteiger partial charge in [0.2, 0.25) is 0 Å². The molecule has 1 heterocycles. The molecule has 2 atom stereocenters. The van der Waals surface area contributed by atoms with Crippen molar-refractivity contribution in [3.05, 3.63) is 29.3 Å². The summed E-state index contributed by atoms with van der Waals surface area (Å²) in [7, 11) is 0. The number of hydrogen-bond donors (Lipinski definition) is 1. The molecule has 2 aliphatic rings. The van der Waals surface area contributed by atoms with Crippen molar-refractivity contribution in [2.24, 2.45) is 0 Å². The lowest BCUT2D eigenvalue weighted by Crippen LogP contribution is -2.32. The second-order valence-electron chi connectivity index (χ2n) is 6.62. The van der Waals surface area contributed by atoms with E-state index in [0.29, 0.717) is 18.8 Å². The van der Waals surface area contributed by atoms with E-state index in [0.717, 1.165) is 25.1 Å². The first-order valence-corrected chi connectivity index (χ1v) is 8.34. The van der Waals surface area contributed by atoms with Gasteiger partial charge in [-0.15, -0.1) is 0 Å². The molecule has 0 bridgehead atoms. The van der Waals surface area contributed by atoms with E-state index in [-0.39, 0.29) is 6.10 Å². The fourth-order valence-electron chi connectivity index (χ4n) is 3.25. The summed E-state index contributed by atoms with van der Waals surface area (Å²) in [5.41, 5.74) is 2.97. The van der Waals surface area contributed by atoms with Crippen molar-refractivity contribution in [1.29, 1.82) is 0 Å². The molecule has 0 aromatic heterocycles. The van der Waals surface area contributed by atoms with Gasteiger partial charge in [0.05, 0.1) is 12.2 Å². The number of aryl methyl sites for hydroxylation is 2. The average molecular weight is 289 g/mol. The molecule has 116 valence electrons. The van der Waals surface area contributed by atoms with Gasteiger partial charge in [0.1, 0.15) is 12.4 Å². The van der Waals surface area contributed by atoms with Gasteiger partial charge in [0.25, 0.3) is 0 Å². The minimum absolute atomic E-state index is 0.247. The maximum atomic E-state index is 6.04. The molecule has 0 amide bonds. The maximum absolute atomic E-state index is 6.04. The van der Waals surface area contributed by atoms with Crippen LogP contribution in [0, 0.1) is 0 Å². The Morgan fingerprint density at radius 3 is 2.86 bits per heavy atom. The topological polar surface area (TPSA) is 30.5 Å². The number of ether oxygens (including phenoxy) is 2. The fraction of sp³-hybridized carbons (Fsp3) is 0.667. The van der Waals surface area contributed by atoms with Gasteiger partial charge in [-0.3, -0.25) is 0 Å². The van der Waals surface area contributed by atoms with E-state index in [9.17, 15) is 0 Å². The predicted octanol–water partition coefficient (Wildman–Crippen LogP) is 3.10. The van der Waals surface area contributed by atoms with Gasteiger partial charge in [-0.2, -0.15) is 0 Å². The normalized spacial score (nSPS) is 24.5. The molecule has 1 saturated heterocycles.